The lowest BCUT2D eigenvalue weighted by atomic mass is 10.0. The van der Waals surface area contributed by atoms with Gasteiger partial charge in [0.15, 0.2) is 23.0 Å². The molecule has 9 rings (SSSR count). The zero-order valence-electron chi connectivity index (χ0n) is 39.9. The second kappa shape index (κ2) is 20.6. The van der Waals surface area contributed by atoms with Crippen LogP contribution in [0.1, 0.15) is 75.0 Å². The Morgan fingerprint density at radius 3 is 2.04 bits per heavy atom. The van der Waals surface area contributed by atoms with E-state index in [1.807, 2.05) is 59.5 Å². The minimum absolute atomic E-state index is 0.0167. The Bertz CT molecular complexity index is 2940. The summed E-state index contributed by atoms with van der Waals surface area (Å²) >= 11 is 0. The predicted molar refractivity (Wildman–Crippen MR) is 264 cm³/mol. The topological polar surface area (TPSA) is 219 Å². The fraction of sp³-hybridized carbons (Fsp3) is 0.321. The number of hydrogen-bond acceptors (Lipinski definition) is 14. The summed E-state index contributed by atoms with van der Waals surface area (Å²) in [5.41, 5.74) is 7.35. The monoisotopic (exact) mass is 965 g/mol. The van der Waals surface area contributed by atoms with Crippen LogP contribution in [0.2, 0.25) is 0 Å². The number of anilines is 3. The number of hydrogen-bond donors (Lipinski definition) is 5. The van der Waals surface area contributed by atoms with Crippen molar-refractivity contribution >= 4 is 58.6 Å². The number of aliphatic hydroxyl groups excluding tert-OH is 1. The van der Waals surface area contributed by atoms with E-state index in [4.69, 9.17) is 23.9 Å². The summed E-state index contributed by atoms with van der Waals surface area (Å²) in [6.45, 7) is 3.57. The molecule has 0 saturated carbocycles. The fourth-order valence-corrected chi connectivity index (χ4v) is 9.39. The molecule has 0 fully saturated rings. The zero-order valence-corrected chi connectivity index (χ0v) is 39.9. The van der Waals surface area contributed by atoms with Gasteiger partial charge in [-0.15, -0.1) is 0 Å². The van der Waals surface area contributed by atoms with Gasteiger partial charge in [-0.3, -0.25) is 39.2 Å². The number of methoxy groups -OCH3 is 3. The number of nitrogens with one attached hydrogen (secondary N) is 4. The maximum absolute atomic E-state index is 14.1. The van der Waals surface area contributed by atoms with E-state index in [2.05, 4.69) is 26.0 Å². The van der Waals surface area contributed by atoms with Gasteiger partial charge in [-0.25, -0.2) is 0 Å². The maximum Gasteiger partial charge on any atom is 0.307 e. The number of carbonyl (C=O) groups is 5. The van der Waals surface area contributed by atoms with E-state index in [9.17, 15) is 29.1 Å². The highest BCUT2D eigenvalue weighted by atomic mass is 16.5. The first-order valence-corrected chi connectivity index (χ1v) is 23.4. The molecule has 0 aromatic heterocycles. The van der Waals surface area contributed by atoms with E-state index in [1.165, 1.54) is 28.3 Å². The number of aliphatic imine (C=N–C) groups is 1. The molecule has 18 nitrogen and oxygen atoms in total. The fourth-order valence-electron chi connectivity index (χ4n) is 9.39. The number of esters is 1. The van der Waals surface area contributed by atoms with E-state index >= 15 is 0 Å². The summed E-state index contributed by atoms with van der Waals surface area (Å²) in [5, 5.41) is 23.2. The minimum atomic E-state index is -1.39. The van der Waals surface area contributed by atoms with E-state index in [0.29, 0.717) is 75.2 Å². The first-order valence-electron chi connectivity index (χ1n) is 23.4. The van der Waals surface area contributed by atoms with Crippen LogP contribution in [0.25, 0.3) is 0 Å². The molecule has 0 radical (unpaired) electrons. The summed E-state index contributed by atoms with van der Waals surface area (Å²) in [4.78, 5) is 73.9. The molecule has 5 aromatic carbocycles. The molecule has 0 spiro atoms. The minimum Gasteiger partial charge on any atom is -0.493 e. The van der Waals surface area contributed by atoms with Crippen molar-refractivity contribution < 1.29 is 52.8 Å². The third-order valence-corrected chi connectivity index (χ3v) is 13.1. The average Bonchev–Trinajstić information content (AvgIpc) is 3.87. The first-order chi connectivity index (χ1) is 34.3. The molecule has 18 heteroatoms. The van der Waals surface area contributed by atoms with Crippen molar-refractivity contribution in [2.45, 2.75) is 76.7 Å². The predicted octanol–water partition coefficient (Wildman–Crippen LogP) is 5.30. The molecule has 5 N–H and O–H groups in total. The van der Waals surface area contributed by atoms with Gasteiger partial charge in [0.1, 0.15) is 25.5 Å². The first kappa shape index (κ1) is 48.1. The number of para-hydroxylation sites is 2. The third kappa shape index (κ3) is 9.93. The number of carbonyl (C=O) groups excluding carboxylic acids is 5. The van der Waals surface area contributed by atoms with Crippen molar-refractivity contribution in [2.24, 2.45) is 4.99 Å². The van der Waals surface area contributed by atoms with Crippen LogP contribution in [0.15, 0.2) is 96.0 Å². The van der Waals surface area contributed by atoms with Gasteiger partial charge in [0, 0.05) is 49.2 Å². The summed E-state index contributed by atoms with van der Waals surface area (Å²) in [5.74, 6) is -0.519. The van der Waals surface area contributed by atoms with Gasteiger partial charge >= 0.3 is 5.97 Å². The van der Waals surface area contributed by atoms with Crippen LogP contribution in [0, 0.1) is 0 Å². The Labute approximate surface area is 410 Å². The lowest BCUT2D eigenvalue weighted by Crippen LogP contribution is -2.51. The van der Waals surface area contributed by atoms with Crippen LogP contribution in [0.5, 0.6) is 23.0 Å². The highest BCUT2D eigenvalue weighted by Crippen LogP contribution is 2.43. The van der Waals surface area contributed by atoms with Crippen LogP contribution in [0.4, 0.5) is 22.7 Å². The molecular weight excluding hydrogens is 911 g/mol. The maximum atomic E-state index is 14.1. The molecular formula is C53H55N7O11. The largest absolute Gasteiger partial charge is 0.493 e. The lowest BCUT2D eigenvalue weighted by molar-refractivity contribution is -0.140. The lowest BCUT2D eigenvalue weighted by Gasteiger charge is -2.23. The molecule has 5 aromatic rings. The number of benzene rings is 5. The third-order valence-electron chi connectivity index (χ3n) is 13.1. The molecule has 4 aliphatic rings. The standard InChI is InChI=1S/C53H55N7O11/c1-29(49(62)54-15-14-48(61)69-5)57-50(63)30(2)58-51(64)35-17-31(27-70-46-23-40-38(21-44(46)67-3)52(65)59-36(25-55-40)19-33-10-6-8-12-42(33)59)16-32(18-35)28-71-47-24-41-39(22-45(47)68-4)53(66)60-37(26-56-41)20-34-11-7-9-13-43(34)60/h6-13,16-18,21-25,29-30,36-37,51,56,58,64H,14-15,19-20,26-28H2,1-5H3,(H,54,62)(H,57,63)/t29-,30-,36-,37-,51?/m0/s1. The van der Waals surface area contributed by atoms with Crippen molar-refractivity contribution in [1.29, 1.82) is 0 Å². The number of amides is 4. The van der Waals surface area contributed by atoms with Crippen molar-refractivity contribution in [2.75, 3.05) is 49.5 Å². The Kier molecular flexibility index (Phi) is 13.9. The van der Waals surface area contributed by atoms with Gasteiger partial charge in [-0.1, -0.05) is 36.4 Å². The average molecular weight is 966 g/mol. The van der Waals surface area contributed by atoms with Crippen molar-refractivity contribution in [3.63, 3.8) is 0 Å². The highest BCUT2D eigenvalue weighted by molar-refractivity contribution is 6.15. The molecule has 0 bridgehead atoms. The number of ether oxygens (including phenoxy) is 5. The van der Waals surface area contributed by atoms with Crippen LogP contribution in [-0.4, -0.2) is 99.5 Å². The Morgan fingerprint density at radius 2 is 1.37 bits per heavy atom. The second-order valence-corrected chi connectivity index (χ2v) is 17.8. The SMILES string of the molecule is COC(=O)CCNC(=O)[C@H](C)NC(=O)[C@H](C)NC(O)c1cc(COc2cc3c(cc2OC)C(=O)N2c4ccccc4C[C@H]2C=N3)cc(COc2cc3c(cc2OC)C(=O)N2c4ccccc4C[C@H]2CN3)c1. The Morgan fingerprint density at radius 1 is 0.746 bits per heavy atom. The molecule has 0 saturated heterocycles. The summed E-state index contributed by atoms with van der Waals surface area (Å²) in [6, 6.07) is 25.5. The molecule has 1 unspecified atom stereocenters. The van der Waals surface area contributed by atoms with Crippen LogP contribution < -0.4 is 50.0 Å². The van der Waals surface area contributed by atoms with Gasteiger partial charge < -0.3 is 49.6 Å². The van der Waals surface area contributed by atoms with Crippen LogP contribution >= 0.6 is 0 Å². The Balaban J connectivity index is 0.954. The molecule has 4 heterocycles. The Hall–Kier alpha value is -7.96. The van der Waals surface area contributed by atoms with Gasteiger partial charge in [0.25, 0.3) is 11.8 Å². The number of rotatable bonds is 17. The van der Waals surface area contributed by atoms with E-state index in [-0.39, 0.29) is 50.1 Å². The number of fused-ring (bicyclic) bond motifs is 8. The van der Waals surface area contributed by atoms with Crippen LogP contribution in [0.3, 0.4) is 0 Å². The number of nitrogens with zero attached hydrogens (tertiary/aromatic N) is 3. The summed E-state index contributed by atoms with van der Waals surface area (Å²) < 4.78 is 29.0. The highest BCUT2D eigenvalue weighted by Gasteiger charge is 2.39. The van der Waals surface area contributed by atoms with Gasteiger partial charge in [-0.05, 0) is 90.6 Å². The second-order valence-electron chi connectivity index (χ2n) is 17.8. The summed E-state index contributed by atoms with van der Waals surface area (Å²) in [7, 11) is 4.25. The summed E-state index contributed by atoms with van der Waals surface area (Å²) in [6.07, 6.45) is 1.74. The molecule has 71 heavy (non-hydrogen) atoms. The van der Waals surface area contributed by atoms with Crippen molar-refractivity contribution in [3.8, 4) is 23.0 Å². The number of aliphatic hydroxyl groups is 1. The molecule has 4 amide bonds. The van der Waals surface area contributed by atoms with Crippen molar-refractivity contribution in [3.05, 3.63) is 130 Å². The molecule has 4 aliphatic heterocycles. The van der Waals surface area contributed by atoms with E-state index in [0.717, 1.165) is 28.9 Å². The molecule has 0 aliphatic carbocycles. The van der Waals surface area contributed by atoms with Crippen LogP contribution in [-0.2, 0) is 45.2 Å². The molecule has 5 atom stereocenters. The van der Waals surface area contributed by atoms with Gasteiger partial charge in [0.2, 0.25) is 11.8 Å². The van der Waals surface area contributed by atoms with E-state index in [1.54, 1.807) is 54.4 Å². The quantitative estimate of drug-likeness (QED) is 0.0591. The molecule has 368 valence electrons. The normalized spacial score (nSPS) is 17.3. The smallest absolute Gasteiger partial charge is 0.307 e. The zero-order chi connectivity index (χ0) is 49.9. The van der Waals surface area contributed by atoms with E-state index < -0.39 is 36.1 Å². The van der Waals surface area contributed by atoms with Crippen molar-refractivity contribution in [1.82, 2.24) is 16.0 Å². The van der Waals surface area contributed by atoms with Gasteiger partial charge in [0.05, 0.1) is 68.4 Å². The van der Waals surface area contributed by atoms with Gasteiger partial charge in [-0.2, -0.15) is 0 Å².